The van der Waals surface area contributed by atoms with Gasteiger partial charge in [0.25, 0.3) is 5.91 Å². The highest BCUT2D eigenvalue weighted by Crippen LogP contribution is 2.37. The molecule has 2 amide bonds. The Morgan fingerprint density at radius 3 is 2.32 bits per heavy atom. The van der Waals surface area contributed by atoms with Crippen LogP contribution in [0.15, 0.2) is 66.9 Å². The Morgan fingerprint density at radius 1 is 0.935 bits per heavy atom. The molecule has 0 bridgehead atoms. The third-order valence-electron chi connectivity index (χ3n) is 6.70. The van der Waals surface area contributed by atoms with Gasteiger partial charge in [-0.2, -0.15) is 0 Å². The third kappa shape index (κ3) is 3.79. The van der Waals surface area contributed by atoms with E-state index in [1.807, 2.05) is 53.4 Å². The molecule has 31 heavy (non-hydrogen) atoms. The molecule has 3 heterocycles. The van der Waals surface area contributed by atoms with Crippen LogP contribution in [0, 0.1) is 11.8 Å². The van der Waals surface area contributed by atoms with Crippen LogP contribution in [-0.2, 0) is 4.79 Å². The quantitative estimate of drug-likeness (QED) is 0.696. The molecule has 2 aliphatic heterocycles. The molecular formula is C25H26N4O2. The van der Waals surface area contributed by atoms with E-state index >= 15 is 0 Å². The predicted molar refractivity (Wildman–Crippen MR) is 119 cm³/mol. The van der Waals surface area contributed by atoms with Gasteiger partial charge in [-0.25, -0.2) is 0 Å². The van der Waals surface area contributed by atoms with Gasteiger partial charge in [-0.15, -0.1) is 0 Å². The van der Waals surface area contributed by atoms with Gasteiger partial charge in [0.1, 0.15) is 0 Å². The van der Waals surface area contributed by atoms with Crippen molar-refractivity contribution in [1.82, 2.24) is 14.8 Å². The standard InChI is InChI=1S/C25H26N4O2/c26-24(30)12-23(17-6-2-1-3-7-17)28-13-18-15-29(16-19(18)14-28)25(31)21-10-11-27-22-9-5-4-8-20(21)22/h1-11,18-19,23H,12-16H2,(H2,26,30)/t18?,19?,23-/m0/s1. The minimum atomic E-state index is -0.285. The van der Waals surface area contributed by atoms with E-state index in [9.17, 15) is 9.59 Å². The van der Waals surface area contributed by atoms with Crippen LogP contribution < -0.4 is 5.73 Å². The number of aromatic nitrogens is 1. The van der Waals surface area contributed by atoms with E-state index in [0.29, 0.717) is 18.3 Å². The summed E-state index contributed by atoms with van der Waals surface area (Å²) in [6.45, 7) is 3.24. The van der Waals surface area contributed by atoms with Gasteiger partial charge in [0.05, 0.1) is 11.1 Å². The molecular weight excluding hydrogens is 388 g/mol. The molecule has 2 saturated heterocycles. The first-order valence-corrected chi connectivity index (χ1v) is 10.8. The Labute approximate surface area is 181 Å². The zero-order valence-electron chi connectivity index (χ0n) is 17.4. The summed E-state index contributed by atoms with van der Waals surface area (Å²) in [5, 5.41) is 0.902. The number of hydrogen-bond acceptors (Lipinski definition) is 4. The van der Waals surface area contributed by atoms with Crippen LogP contribution in [0.4, 0.5) is 0 Å². The Bertz CT molecular complexity index is 1100. The summed E-state index contributed by atoms with van der Waals surface area (Å²) >= 11 is 0. The fourth-order valence-corrected chi connectivity index (χ4v) is 5.23. The SMILES string of the molecule is NC(=O)C[C@@H](c1ccccc1)N1CC2CN(C(=O)c3ccnc4ccccc34)CC2C1. The van der Waals surface area contributed by atoms with Crippen molar-refractivity contribution in [2.24, 2.45) is 17.6 Å². The van der Waals surface area contributed by atoms with Crippen molar-refractivity contribution in [3.63, 3.8) is 0 Å². The van der Waals surface area contributed by atoms with Crippen LogP contribution in [0.1, 0.15) is 28.4 Å². The van der Waals surface area contributed by atoms with Crippen LogP contribution >= 0.6 is 0 Å². The smallest absolute Gasteiger partial charge is 0.254 e. The molecule has 0 saturated carbocycles. The molecule has 1 aromatic heterocycles. The first-order chi connectivity index (χ1) is 15.1. The molecule has 2 N–H and O–H groups in total. The second-order valence-corrected chi connectivity index (χ2v) is 8.66. The van der Waals surface area contributed by atoms with E-state index in [1.165, 1.54) is 0 Å². The van der Waals surface area contributed by atoms with Gasteiger partial charge in [-0.3, -0.25) is 19.5 Å². The molecule has 0 spiro atoms. The number of nitrogens with two attached hydrogens (primary N) is 1. The summed E-state index contributed by atoms with van der Waals surface area (Å²) in [6, 6.07) is 19.7. The van der Waals surface area contributed by atoms with Crippen molar-refractivity contribution >= 4 is 22.7 Å². The highest BCUT2D eigenvalue weighted by atomic mass is 16.2. The van der Waals surface area contributed by atoms with Gasteiger partial charge in [0.2, 0.25) is 5.91 Å². The molecule has 6 heteroatoms. The van der Waals surface area contributed by atoms with Gasteiger partial charge in [-0.05, 0) is 29.5 Å². The molecule has 2 aliphatic rings. The fraction of sp³-hybridized carbons (Fsp3) is 0.320. The van der Waals surface area contributed by atoms with Crippen molar-refractivity contribution < 1.29 is 9.59 Å². The molecule has 2 fully saturated rings. The maximum atomic E-state index is 13.3. The lowest BCUT2D eigenvalue weighted by atomic mass is 10.0. The Morgan fingerprint density at radius 2 is 1.61 bits per heavy atom. The molecule has 2 unspecified atom stereocenters. The number of carbonyl (C=O) groups is 2. The number of primary amides is 1. The van der Waals surface area contributed by atoms with Gasteiger partial charge in [0.15, 0.2) is 0 Å². The molecule has 158 valence electrons. The molecule has 0 radical (unpaired) electrons. The van der Waals surface area contributed by atoms with E-state index in [2.05, 4.69) is 22.0 Å². The predicted octanol–water partition coefficient (Wildman–Crippen LogP) is 2.86. The van der Waals surface area contributed by atoms with Gasteiger partial charge < -0.3 is 10.6 Å². The van der Waals surface area contributed by atoms with Crippen molar-refractivity contribution in [1.29, 1.82) is 0 Å². The fourth-order valence-electron chi connectivity index (χ4n) is 5.23. The number of fused-ring (bicyclic) bond motifs is 2. The minimum Gasteiger partial charge on any atom is -0.370 e. The molecule has 5 rings (SSSR count). The first-order valence-electron chi connectivity index (χ1n) is 10.8. The van der Waals surface area contributed by atoms with E-state index in [0.717, 1.165) is 48.2 Å². The average Bonchev–Trinajstić information content (AvgIpc) is 3.36. The van der Waals surface area contributed by atoms with Crippen LogP contribution in [0.3, 0.4) is 0 Å². The molecule has 3 aromatic rings. The summed E-state index contributed by atoms with van der Waals surface area (Å²) in [4.78, 5) is 33.8. The lowest BCUT2D eigenvalue weighted by molar-refractivity contribution is -0.119. The largest absolute Gasteiger partial charge is 0.370 e. The number of amides is 2. The summed E-state index contributed by atoms with van der Waals surface area (Å²) in [6.07, 6.45) is 2.03. The van der Waals surface area contributed by atoms with Crippen molar-refractivity contribution in [3.8, 4) is 0 Å². The topological polar surface area (TPSA) is 79.5 Å². The minimum absolute atomic E-state index is 0.00223. The zero-order valence-corrected chi connectivity index (χ0v) is 17.4. The number of para-hydroxylation sites is 1. The Hall–Kier alpha value is -3.25. The highest BCUT2D eigenvalue weighted by Gasteiger charge is 2.44. The van der Waals surface area contributed by atoms with Crippen LogP contribution in [0.25, 0.3) is 10.9 Å². The van der Waals surface area contributed by atoms with Crippen molar-refractivity contribution in [2.75, 3.05) is 26.2 Å². The summed E-state index contributed by atoms with van der Waals surface area (Å²) < 4.78 is 0. The van der Waals surface area contributed by atoms with Crippen LogP contribution in [0.5, 0.6) is 0 Å². The maximum Gasteiger partial charge on any atom is 0.254 e. The summed E-state index contributed by atoms with van der Waals surface area (Å²) in [5.41, 5.74) is 8.25. The van der Waals surface area contributed by atoms with Crippen molar-refractivity contribution in [3.05, 3.63) is 78.0 Å². The number of nitrogens with zero attached hydrogens (tertiary/aromatic N) is 3. The maximum absolute atomic E-state index is 13.3. The van der Waals surface area contributed by atoms with Gasteiger partial charge >= 0.3 is 0 Å². The van der Waals surface area contributed by atoms with E-state index in [-0.39, 0.29) is 17.9 Å². The number of benzene rings is 2. The lowest BCUT2D eigenvalue weighted by Crippen LogP contribution is -2.36. The highest BCUT2D eigenvalue weighted by molar-refractivity contribution is 6.06. The number of rotatable bonds is 5. The third-order valence-corrected chi connectivity index (χ3v) is 6.70. The lowest BCUT2D eigenvalue weighted by Gasteiger charge is -2.29. The first kappa shape index (κ1) is 19.7. The van der Waals surface area contributed by atoms with Gasteiger partial charge in [-0.1, -0.05) is 48.5 Å². The monoisotopic (exact) mass is 414 g/mol. The Balaban J connectivity index is 1.31. The van der Waals surface area contributed by atoms with E-state index in [4.69, 9.17) is 5.73 Å². The Kier molecular flexibility index (Phi) is 5.16. The molecule has 2 aromatic carbocycles. The second-order valence-electron chi connectivity index (χ2n) is 8.66. The number of pyridine rings is 1. The molecule has 6 nitrogen and oxygen atoms in total. The van der Waals surface area contributed by atoms with E-state index < -0.39 is 0 Å². The van der Waals surface area contributed by atoms with Crippen molar-refractivity contribution in [2.45, 2.75) is 12.5 Å². The number of likely N-dealkylation sites (tertiary alicyclic amines) is 2. The summed E-state index contributed by atoms with van der Waals surface area (Å²) in [5.74, 6) is 0.621. The number of hydrogen-bond donors (Lipinski definition) is 1. The van der Waals surface area contributed by atoms with Crippen LogP contribution in [0.2, 0.25) is 0 Å². The normalized spacial score (nSPS) is 21.9. The van der Waals surface area contributed by atoms with E-state index in [1.54, 1.807) is 6.20 Å². The second kappa shape index (κ2) is 8.12. The zero-order chi connectivity index (χ0) is 21.4. The summed E-state index contributed by atoms with van der Waals surface area (Å²) in [7, 11) is 0. The molecule has 3 atom stereocenters. The number of carbonyl (C=O) groups excluding carboxylic acids is 2. The van der Waals surface area contributed by atoms with Gasteiger partial charge in [0, 0.05) is 50.2 Å². The van der Waals surface area contributed by atoms with Crippen LogP contribution in [-0.4, -0.2) is 52.8 Å². The average molecular weight is 415 g/mol. The molecule has 0 aliphatic carbocycles.